The van der Waals surface area contributed by atoms with Gasteiger partial charge in [-0.05, 0) is 50.1 Å². The van der Waals surface area contributed by atoms with Crippen molar-refractivity contribution < 1.29 is 23.9 Å². The van der Waals surface area contributed by atoms with Crippen LogP contribution in [0.15, 0.2) is 48.5 Å². The van der Waals surface area contributed by atoms with Crippen LogP contribution in [0.25, 0.3) is 0 Å². The van der Waals surface area contributed by atoms with E-state index in [1.165, 1.54) is 0 Å². The molecule has 9 heteroatoms. The molecule has 176 valence electrons. The molecule has 0 aliphatic carbocycles. The molecule has 1 aliphatic heterocycles. The fraction of sp³-hybridized carbons (Fsp3) is 0.375. The van der Waals surface area contributed by atoms with Crippen LogP contribution in [-0.2, 0) is 22.6 Å². The van der Waals surface area contributed by atoms with E-state index in [0.717, 1.165) is 16.1 Å². The van der Waals surface area contributed by atoms with Gasteiger partial charge in [0.25, 0.3) is 11.8 Å². The lowest BCUT2D eigenvalue weighted by molar-refractivity contribution is -0.139. The molecule has 2 aromatic carbocycles. The summed E-state index contributed by atoms with van der Waals surface area (Å²) in [6.07, 6.45) is 1.05. The summed E-state index contributed by atoms with van der Waals surface area (Å²) in [6, 6.07) is 14.6. The van der Waals surface area contributed by atoms with E-state index in [0.29, 0.717) is 30.9 Å². The summed E-state index contributed by atoms with van der Waals surface area (Å²) in [7, 11) is 4.90. The lowest BCUT2D eigenvalue weighted by atomic mass is 9.93. The average Bonchev–Trinajstić information content (AvgIpc) is 3.01. The Morgan fingerprint density at radius 3 is 2.42 bits per heavy atom. The zero-order valence-corrected chi connectivity index (χ0v) is 19.4. The summed E-state index contributed by atoms with van der Waals surface area (Å²) in [5.41, 5.74) is 3.35. The summed E-state index contributed by atoms with van der Waals surface area (Å²) in [5.74, 6) is 0.283. The number of hydrazine groups is 1. The second-order valence-corrected chi connectivity index (χ2v) is 8.29. The number of carbonyl (C=O) groups excluding carboxylic acids is 3. The molecular formula is C24H30N4O5. The van der Waals surface area contributed by atoms with E-state index in [-0.39, 0.29) is 6.54 Å². The fourth-order valence-corrected chi connectivity index (χ4v) is 3.75. The lowest BCUT2D eigenvalue weighted by Crippen LogP contribution is -2.51. The molecule has 0 bridgehead atoms. The van der Waals surface area contributed by atoms with Crippen LogP contribution >= 0.6 is 0 Å². The topological polar surface area (TPSA) is 100 Å². The van der Waals surface area contributed by atoms with Crippen molar-refractivity contribution in [3.05, 3.63) is 59.7 Å². The van der Waals surface area contributed by atoms with Crippen molar-refractivity contribution in [1.82, 2.24) is 20.7 Å². The number of nitrogens with one attached hydrogen (secondary N) is 2. The Morgan fingerprint density at radius 2 is 1.76 bits per heavy atom. The van der Waals surface area contributed by atoms with Gasteiger partial charge in [0.2, 0.25) is 0 Å². The van der Waals surface area contributed by atoms with Gasteiger partial charge in [0.1, 0.15) is 5.54 Å². The minimum atomic E-state index is -1.08. The van der Waals surface area contributed by atoms with Gasteiger partial charge in [-0.1, -0.05) is 36.4 Å². The van der Waals surface area contributed by atoms with E-state index in [1.807, 2.05) is 42.5 Å². The number of methoxy groups -OCH3 is 2. The van der Waals surface area contributed by atoms with Crippen LogP contribution < -0.4 is 20.2 Å². The first-order valence-corrected chi connectivity index (χ1v) is 10.7. The standard InChI is InChI=1S/C24H30N4O5/c1-24(13-12-17-8-6-5-7-9-17)22(30)28(23(31)25-24)26-21(29)16-27(2)15-18-10-11-19(32-3)20(14-18)33-4/h5-11,14H,12-13,15-16H2,1-4H3,(H,25,31)(H,26,29). The molecule has 2 N–H and O–H groups in total. The molecule has 1 fully saturated rings. The summed E-state index contributed by atoms with van der Waals surface area (Å²) in [4.78, 5) is 39.6. The van der Waals surface area contributed by atoms with Gasteiger partial charge in [-0.15, -0.1) is 0 Å². The first kappa shape index (κ1) is 24.1. The Hall–Kier alpha value is -3.59. The van der Waals surface area contributed by atoms with Crippen LogP contribution in [0.5, 0.6) is 11.5 Å². The van der Waals surface area contributed by atoms with Gasteiger partial charge in [-0.3, -0.25) is 19.9 Å². The van der Waals surface area contributed by atoms with Crippen molar-refractivity contribution in [1.29, 1.82) is 0 Å². The monoisotopic (exact) mass is 454 g/mol. The second kappa shape index (κ2) is 10.4. The van der Waals surface area contributed by atoms with Crippen LogP contribution in [0, 0.1) is 0 Å². The predicted octanol–water partition coefficient (Wildman–Crippen LogP) is 2.11. The summed E-state index contributed by atoms with van der Waals surface area (Å²) >= 11 is 0. The molecule has 0 aromatic heterocycles. The third kappa shape index (κ3) is 5.81. The zero-order valence-electron chi connectivity index (χ0n) is 19.4. The molecule has 0 spiro atoms. The number of aryl methyl sites for hydroxylation is 1. The molecule has 0 radical (unpaired) electrons. The molecule has 1 aliphatic rings. The van der Waals surface area contributed by atoms with Crippen LogP contribution in [0.3, 0.4) is 0 Å². The van der Waals surface area contributed by atoms with Gasteiger partial charge < -0.3 is 14.8 Å². The average molecular weight is 455 g/mol. The highest BCUT2D eigenvalue weighted by molar-refractivity contribution is 6.07. The van der Waals surface area contributed by atoms with Crippen LogP contribution in [-0.4, -0.2) is 61.1 Å². The molecule has 1 unspecified atom stereocenters. The quantitative estimate of drug-likeness (QED) is 0.534. The minimum absolute atomic E-state index is 0.00780. The van der Waals surface area contributed by atoms with E-state index in [1.54, 1.807) is 39.2 Å². The van der Waals surface area contributed by atoms with E-state index < -0.39 is 23.4 Å². The Labute approximate surface area is 193 Å². The number of carbonyl (C=O) groups is 3. The number of ether oxygens (including phenoxy) is 2. The third-order valence-corrected chi connectivity index (χ3v) is 5.57. The van der Waals surface area contributed by atoms with Gasteiger partial charge in [-0.2, -0.15) is 5.01 Å². The number of nitrogens with zero attached hydrogens (tertiary/aromatic N) is 2. The molecule has 3 rings (SSSR count). The van der Waals surface area contributed by atoms with Gasteiger partial charge in [0, 0.05) is 6.54 Å². The molecule has 9 nitrogen and oxygen atoms in total. The van der Waals surface area contributed by atoms with Crippen molar-refractivity contribution in [3.63, 3.8) is 0 Å². The number of hydrogen-bond donors (Lipinski definition) is 2. The maximum atomic E-state index is 12.9. The van der Waals surface area contributed by atoms with E-state index in [9.17, 15) is 14.4 Å². The van der Waals surface area contributed by atoms with E-state index >= 15 is 0 Å². The minimum Gasteiger partial charge on any atom is -0.493 e. The van der Waals surface area contributed by atoms with E-state index in [4.69, 9.17) is 9.47 Å². The fourth-order valence-electron chi connectivity index (χ4n) is 3.75. The second-order valence-electron chi connectivity index (χ2n) is 8.29. The smallest absolute Gasteiger partial charge is 0.344 e. The normalized spacial score (nSPS) is 17.8. The number of amides is 4. The molecule has 2 aromatic rings. The Kier molecular flexibility index (Phi) is 7.55. The van der Waals surface area contributed by atoms with Crippen molar-refractivity contribution >= 4 is 17.8 Å². The Bertz CT molecular complexity index is 1010. The molecule has 33 heavy (non-hydrogen) atoms. The van der Waals surface area contributed by atoms with E-state index in [2.05, 4.69) is 10.7 Å². The highest BCUT2D eigenvalue weighted by Gasteiger charge is 2.48. The van der Waals surface area contributed by atoms with Gasteiger partial charge in [0.15, 0.2) is 11.5 Å². The van der Waals surface area contributed by atoms with Crippen molar-refractivity contribution in [2.24, 2.45) is 0 Å². The maximum Gasteiger partial charge on any atom is 0.344 e. The molecule has 1 saturated heterocycles. The highest BCUT2D eigenvalue weighted by Crippen LogP contribution is 2.28. The lowest BCUT2D eigenvalue weighted by Gasteiger charge is -2.22. The molecule has 1 atom stereocenters. The number of rotatable bonds is 10. The molecule has 1 heterocycles. The molecule has 0 saturated carbocycles. The first-order valence-electron chi connectivity index (χ1n) is 10.7. The zero-order chi connectivity index (χ0) is 24.0. The number of likely N-dealkylation sites (N-methyl/N-ethyl adjacent to an activating group) is 1. The van der Waals surface area contributed by atoms with Gasteiger partial charge >= 0.3 is 6.03 Å². The highest BCUT2D eigenvalue weighted by atomic mass is 16.5. The third-order valence-electron chi connectivity index (χ3n) is 5.57. The predicted molar refractivity (Wildman–Crippen MR) is 123 cm³/mol. The van der Waals surface area contributed by atoms with Gasteiger partial charge in [-0.25, -0.2) is 4.79 Å². The molecule has 4 amide bonds. The SMILES string of the molecule is COc1ccc(CN(C)CC(=O)NN2C(=O)NC(C)(CCc3ccccc3)C2=O)cc1OC. The van der Waals surface area contributed by atoms with Gasteiger partial charge in [0.05, 0.1) is 20.8 Å². The van der Waals surface area contributed by atoms with Crippen LogP contribution in [0.2, 0.25) is 0 Å². The molecular weight excluding hydrogens is 424 g/mol. The Morgan fingerprint density at radius 1 is 1.06 bits per heavy atom. The first-order chi connectivity index (χ1) is 15.8. The number of imide groups is 1. The van der Waals surface area contributed by atoms with Crippen molar-refractivity contribution in [2.45, 2.75) is 31.8 Å². The van der Waals surface area contributed by atoms with Crippen LogP contribution in [0.4, 0.5) is 4.79 Å². The summed E-state index contributed by atoms with van der Waals surface area (Å²) in [5, 5.41) is 3.48. The summed E-state index contributed by atoms with van der Waals surface area (Å²) < 4.78 is 10.5. The summed E-state index contributed by atoms with van der Waals surface area (Å²) in [6.45, 7) is 2.13. The number of urea groups is 1. The van der Waals surface area contributed by atoms with Crippen molar-refractivity contribution in [3.8, 4) is 11.5 Å². The Balaban J connectivity index is 1.55. The number of hydrogen-bond acceptors (Lipinski definition) is 6. The van der Waals surface area contributed by atoms with Crippen LogP contribution in [0.1, 0.15) is 24.5 Å². The van der Waals surface area contributed by atoms with Crippen molar-refractivity contribution in [2.75, 3.05) is 27.8 Å². The largest absolute Gasteiger partial charge is 0.493 e. The number of benzene rings is 2. The maximum absolute atomic E-state index is 12.9.